The van der Waals surface area contributed by atoms with E-state index in [-0.39, 0.29) is 11.2 Å². The van der Waals surface area contributed by atoms with E-state index in [1.54, 1.807) is 18.3 Å². The molecule has 1 nitrogen and oxygen atoms in total. The van der Waals surface area contributed by atoms with E-state index in [1.165, 1.54) is 0 Å². The van der Waals surface area contributed by atoms with Gasteiger partial charge < -0.3 is 0 Å². The summed E-state index contributed by atoms with van der Waals surface area (Å²) in [6.45, 7) is 5.54. The summed E-state index contributed by atoms with van der Waals surface area (Å²) in [5, 5.41) is 0. The van der Waals surface area contributed by atoms with E-state index < -0.39 is 0 Å². The summed E-state index contributed by atoms with van der Waals surface area (Å²) in [4.78, 5) is 12.4. The second kappa shape index (κ2) is 3.30. The molecule has 0 N–H and O–H groups in total. The lowest BCUT2D eigenvalue weighted by atomic mass is 9.87. The Morgan fingerprint density at radius 2 is 2.08 bits per heavy atom. The molecule has 0 spiro atoms. The van der Waals surface area contributed by atoms with Crippen LogP contribution in [0.5, 0.6) is 0 Å². The zero-order valence-electron chi connectivity index (χ0n) is 7.35. The molecule has 1 aromatic rings. The van der Waals surface area contributed by atoms with Crippen LogP contribution in [0.3, 0.4) is 0 Å². The number of hydrogen-bond donors (Lipinski definition) is 0. The molecule has 0 amide bonds. The maximum absolute atomic E-state index is 11.3. The van der Waals surface area contributed by atoms with Crippen molar-refractivity contribution in [1.29, 1.82) is 0 Å². The number of Topliss-reactive ketones (excluding diaryl/α,β-unsaturated/α-hetero) is 1. The first-order valence-corrected chi connectivity index (χ1v) is 5.32. The number of thiophene rings is 1. The van der Waals surface area contributed by atoms with Gasteiger partial charge in [-0.05, 0) is 48.8 Å². The molecule has 0 aliphatic heterocycles. The third-order valence-corrected chi connectivity index (χ3v) is 4.02. The monoisotopic (exact) mass is 246 g/mol. The predicted molar refractivity (Wildman–Crippen MR) is 55.7 cm³/mol. The molecule has 12 heavy (non-hydrogen) atoms. The van der Waals surface area contributed by atoms with Gasteiger partial charge in [-0.15, -0.1) is 11.3 Å². The minimum absolute atomic E-state index is 0.205. The van der Waals surface area contributed by atoms with Crippen molar-refractivity contribution in [3.8, 4) is 0 Å². The molecular formula is C9H11BrOS. The molecule has 0 saturated carbocycles. The number of rotatable bonds is 2. The van der Waals surface area contributed by atoms with Gasteiger partial charge >= 0.3 is 0 Å². The molecular weight excluding hydrogens is 236 g/mol. The Bertz CT molecular complexity index is 301. The van der Waals surface area contributed by atoms with Crippen LogP contribution in [0.15, 0.2) is 15.9 Å². The summed E-state index contributed by atoms with van der Waals surface area (Å²) in [6.07, 6.45) is 0. The molecule has 0 atom stereocenters. The van der Waals surface area contributed by atoms with Gasteiger partial charge in [0, 0.05) is 4.88 Å². The Kier molecular flexibility index (Phi) is 2.74. The summed E-state index contributed by atoms with van der Waals surface area (Å²) in [6, 6.07) is 3.97. The van der Waals surface area contributed by atoms with E-state index in [0.29, 0.717) is 0 Å². The van der Waals surface area contributed by atoms with Crippen LogP contribution < -0.4 is 0 Å². The molecule has 0 radical (unpaired) electrons. The van der Waals surface area contributed by atoms with Gasteiger partial charge in [-0.3, -0.25) is 4.79 Å². The highest BCUT2D eigenvalue weighted by molar-refractivity contribution is 9.11. The second-order valence-electron chi connectivity index (χ2n) is 3.28. The summed E-state index contributed by atoms with van der Waals surface area (Å²) in [5.41, 5.74) is -0.337. The zero-order valence-corrected chi connectivity index (χ0v) is 9.75. The molecule has 1 heterocycles. The van der Waals surface area contributed by atoms with Gasteiger partial charge in [-0.25, -0.2) is 0 Å². The fourth-order valence-electron chi connectivity index (χ4n) is 0.824. The van der Waals surface area contributed by atoms with Crippen LogP contribution in [0, 0.1) is 0 Å². The van der Waals surface area contributed by atoms with Crippen LogP contribution in [0.4, 0.5) is 0 Å². The molecule has 1 rings (SSSR count). The fraction of sp³-hybridized carbons (Fsp3) is 0.444. The Morgan fingerprint density at radius 3 is 2.42 bits per heavy atom. The van der Waals surface area contributed by atoms with Gasteiger partial charge in [0.1, 0.15) is 5.78 Å². The van der Waals surface area contributed by atoms with Gasteiger partial charge in [0.05, 0.1) is 9.20 Å². The van der Waals surface area contributed by atoms with Gasteiger partial charge in [0.25, 0.3) is 0 Å². The third-order valence-electron chi connectivity index (χ3n) is 2.07. The summed E-state index contributed by atoms with van der Waals surface area (Å²) in [7, 11) is 0. The highest BCUT2D eigenvalue weighted by Crippen LogP contribution is 2.33. The molecule has 3 heteroatoms. The van der Waals surface area contributed by atoms with Crippen LogP contribution in [-0.2, 0) is 10.2 Å². The molecule has 0 aliphatic carbocycles. The maximum atomic E-state index is 11.3. The lowest BCUT2D eigenvalue weighted by molar-refractivity contribution is -0.121. The lowest BCUT2D eigenvalue weighted by Gasteiger charge is -2.18. The highest BCUT2D eigenvalue weighted by Gasteiger charge is 2.27. The number of carbonyl (C=O) groups excluding carboxylic acids is 1. The standard InChI is InChI=1S/C9H11BrOS/c1-6(11)9(2,3)7-4-5-8(10)12-7/h4-5H,1-3H3. The van der Waals surface area contributed by atoms with Crippen molar-refractivity contribution in [3.63, 3.8) is 0 Å². The van der Waals surface area contributed by atoms with Crippen LogP contribution in [-0.4, -0.2) is 5.78 Å². The quantitative estimate of drug-likeness (QED) is 0.783. The SMILES string of the molecule is CC(=O)C(C)(C)c1ccc(Br)s1. The highest BCUT2D eigenvalue weighted by atomic mass is 79.9. The second-order valence-corrected chi connectivity index (χ2v) is 5.75. The van der Waals surface area contributed by atoms with Crippen LogP contribution in [0.1, 0.15) is 25.6 Å². The first kappa shape index (κ1) is 9.93. The van der Waals surface area contributed by atoms with E-state index >= 15 is 0 Å². The minimum atomic E-state index is -0.337. The number of ketones is 1. The van der Waals surface area contributed by atoms with E-state index in [1.807, 2.05) is 26.0 Å². The van der Waals surface area contributed by atoms with E-state index in [4.69, 9.17) is 0 Å². The van der Waals surface area contributed by atoms with Crippen molar-refractivity contribution in [2.24, 2.45) is 0 Å². The molecule has 0 saturated heterocycles. The predicted octanol–water partition coefficient (Wildman–Crippen LogP) is 3.38. The topological polar surface area (TPSA) is 17.1 Å². The van der Waals surface area contributed by atoms with E-state index in [0.717, 1.165) is 8.66 Å². The van der Waals surface area contributed by atoms with Gasteiger partial charge in [0.2, 0.25) is 0 Å². The van der Waals surface area contributed by atoms with Crippen molar-refractivity contribution in [1.82, 2.24) is 0 Å². The Balaban J connectivity index is 3.05. The maximum Gasteiger partial charge on any atom is 0.140 e. The average Bonchev–Trinajstić information content (AvgIpc) is 2.35. The van der Waals surface area contributed by atoms with E-state index in [2.05, 4.69) is 15.9 Å². The molecule has 0 aliphatic rings. The molecule has 1 aromatic heterocycles. The summed E-state index contributed by atoms with van der Waals surface area (Å²) < 4.78 is 1.08. The third kappa shape index (κ3) is 1.77. The van der Waals surface area contributed by atoms with Crippen molar-refractivity contribution in [2.75, 3.05) is 0 Å². The first-order chi connectivity index (χ1) is 5.44. The van der Waals surface area contributed by atoms with Crippen LogP contribution in [0.2, 0.25) is 0 Å². The van der Waals surface area contributed by atoms with Gasteiger partial charge in [-0.1, -0.05) is 0 Å². The number of halogens is 1. The smallest absolute Gasteiger partial charge is 0.140 e. The minimum Gasteiger partial charge on any atom is -0.299 e. The summed E-state index contributed by atoms with van der Waals surface area (Å²) >= 11 is 5.00. The average molecular weight is 247 g/mol. The molecule has 0 unspecified atom stereocenters. The lowest BCUT2D eigenvalue weighted by Crippen LogP contribution is -2.24. The first-order valence-electron chi connectivity index (χ1n) is 3.71. The number of carbonyl (C=O) groups is 1. The van der Waals surface area contributed by atoms with Crippen molar-refractivity contribution >= 4 is 33.0 Å². The molecule has 0 bridgehead atoms. The van der Waals surface area contributed by atoms with Gasteiger partial charge in [-0.2, -0.15) is 0 Å². The van der Waals surface area contributed by atoms with E-state index in [9.17, 15) is 4.79 Å². The van der Waals surface area contributed by atoms with Crippen molar-refractivity contribution < 1.29 is 4.79 Å². The Labute approximate surface area is 84.9 Å². The molecule has 0 aromatic carbocycles. The Hall–Kier alpha value is -0.150. The largest absolute Gasteiger partial charge is 0.299 e. The van der Waals surface area contributed by atoms with Crippen molar-refractivity contribution in [3.05, 3.63) is 20.8 Å². The Morgan fingerprint density at radius 1 is 1.50 bits per heavy atom. The summed E-state index contributed by atoms with van der Waals surface area (Å²) in [5.74, 6) is 0.205. The number of hydrogen-bond acceptors (Lipinski definition) is 2. The normalized spacial score (nSPS) is 11.7. The molecule has 66 valence electrons. The van der Waals surface area contributed by atoms with Crippen LogP contribution in [0.25, 0.3) is 0 Å². The van der Waals surface area contributed by atoms with Gasteiger partial charge in [0.15, 0.2) is 0 Å². The van der Waals surface area contributed by atoms with Crippen molar-refractivity contribution in [2.45, 2.75) is 26.2 Å². The van der Waals surface area contributed by atoms with Crippen LogP contribution >= 0.6 is 27.3 Å². The molecule has 0 fully saturated rings. The zero-order chi connectivity index (χ0) is 9.35. The fourth-order valence-corrected chi connectivity index (χ4v) is 2.36.